The number of rotatable bonds is 6. The maximum atomic E-state index is 12.7. The molecule has 0 radical (unpaired) electrons. The van der Waals surface area contributed by atoms with E-state index in [0.29, 0.717) is 56.8 Å². The summed E-state index contributed by atoms with van der Waals surface area (Å²) in [6, 6.07) is 5.88. The van der Waals surface area contributed by atoms with Crippen LogP contribution in [0, 0.1) is 27.7 Å². The van der Waals surface area contributed by atoms with E-state index >= 15 is 0 Å². The van der Waals surface area contributed by atoms with Crippen LogP contribution >= 0.6 is 11.3 Å². The molecule has 0 atom stereocenters. The van der Waals surface area contributed by atoms with Crippen LogP contribution in [0.15, 0.2) is 23.0 Å². The van der Waals surface area contributed by atoms with Gasteiger partial charge in [0.1, 0.15) is 10.7 Å². The number of anilines is 1. The summed E-state index contributed by atoms with van der Waals surface area (Å²) in [5.41, 5.74) is 3.89. The molecule has 1 aliphatic heterocycles. The third kappa shape index (κ3) is 5.20. The summed E-state index contributed by atoms with van der Waals surface area (Å²) >= 11 is 1.51. The normalized spacial score (nSPS) is 14.5. The smallest absolute Gasteiger partial charge is 0.259 e. The second-order valence-corrected chi connectivity index (χ2v) is 10.1. The maximum Gasteiger partial charge on any atom is 0.259 e. The van der Waals surface area contributed by atoms with Crippen molar-refractivity contribution in [3.63, 3.8) is 0 Å². The van der Waals surface area contributed by atoms with E-state index in [1.165, 1.54) is 11.3 Å². The highest BCUT2D eigenvalue weighted by Crippen LogP contribution is 2.25. The summed E-state index contributed by atoms with van der Waals surface area (Å²) in [6.45, 7) is 10.7. The Morgan fingerprint density at radius 3 is 2.56 bits per heavy atom. The van der Waals surface area contributed by atoms with Gasteiger partial charge in [-0.1, -0.05) is 12.1 Å². The summed E-state index contributed by atoms with van der Waals surface area (Å²) in [6.07, 6.45) is 0.698. The summed E-state index contributed by atoms with van der Waals surface area (Å²) < 4.78 is 0. The van der Waals surface area contributed by atoms with Crippen molar-refractivity contribution in [2.24, 2.45) is 0 Å². The van der Waals surface area contributed by atoms with E-state index in [1.807, 2.05) is 50.8 Å². The Morgan fingerprint density at radius 2 is 1.82 bits per heavy atom. The van der Waals surface area contributed by atoms with Gasteiger partial charge in [0.15, 0.2) is 0 Å². The molecule has 8 nitrogen and oxygen atoms in total. The number of nitrogens with one attached hydrogen (secondary N) is 2. The number of nitrogens with zero attached hydrogens (tertiary/aromatic N) is 3. The number of carbonyl (C=O) groups excluding carboxylic acids is 2. The van der Waals surface area contributed by atoms with Crippen molar-refractivity contribution >= 4 is 39.1 Å². The van der Waals surface area contributed by atoms with Crippen molar-refractivity contribution in [2.75, 3.05) is 38.0 Å². The zero-order valence-electron chi connectivity index (χ0n) is 20.2. The first-order valence-electron chi connectivity index (χ1n) is 11.6. The number of carbonyl (C=O) groups is 2. The number of hydrogen-bond donors (Lipinski definition) is 2. The van der Waals surface area contributed by atoms with Gasteiger partial charge in [0.2, 0.25) is 11.8 Å². The Morgan fingerprint density at radius 1 is 1.09 bits per heavy atom. The average molecular weight is 482 g/mol. The van der Waals surface area contributed by atoms with Crippen LogP contribution in [0.5, 0.6) is 0 Å². The molecule has 4 rings (SSSR count). The predicted octanol–water partition coefficient (Wildman–Crippen LogP) is 2.93. The molecule has 1 fully saturated rings. The highest BCUT2D eigenvalue weighted by Gasteiger charge is 2.23. The van der Waals surface area contributed by atoms with Gasteiger partial charge in [-0.2, -0.15) is 0 Å². The molecular weight excluding hydrogens is 450 g/mol. The Labute approximate surface area is 203 Å². The van der Waals surface area contributed by atoms with Crippen LogP contribution in [0.25, 0.3) is 10.2 Å². The molecule has 3 aromatic rings. The molecule has 34 heavy (non-hydrogen) atoms. The summed E-state index contributed by atoms with van der Waals surface area (Å²) in [7, 11) is 0. The standard InChI is InChI=1S/C25H31N5O3S/c1-15-6-5-7-19(16(15)2)26-21(31)14-29-10-12-30(13-11-29)22(32)9-8-20-27-24(33)23-17(3)18(4)34-25(23)28-20/h5-7H,8-14H2,1-4H3,(H,26,31)(H,27,28,33). The van der Waals surface area contributed by atoms with Crippen molar-refractivity contribution in [1.82, 2.24) is 19.8 Å². The molecule has 2 aromatic heterocycles. The molecule has 0 spiro atoms. The third-order valence-electron chi connectivity index (χ3n) is 6.63. The van der Waals surface area contributed by atoms with Gasteiger partial charge in [-0.05, 0) is 50.5 Å². The van der Waals surface area contributed by atoms with Gasteiger partial charge in [-0.15, -0.1) is 11.3 Å². The van der Waals surface area contributed by atoms with Gasteiger partial charge in [-0.25, -0.2) is 4.98 Å². The fraction of sp³-hybridized carbons (Fsp3) is 0.440. The van der Waals surface area contributed by atoms with Crippen LogP contribution < -0.4 is 10.9 Å². The lowest BCUT2D eigenvalue weighted by molar-refractivity contribution is -0.133. The number of aromatic amines is 1. The molecule has 180 valence electrons. The Bertz CT molecular complexity index is 1290. The molecule has 2 amide bonds. The number of benzene rings is 1. The lowest BCUT2D eigenvalue weighted by Crippen LogP contribution is -2.50. The van der Waals surface area contributed by atoms with E-state index in [0.717, 1.165) is 32.1 Å². The molecule has 0 bridgehead atoms. The zero-order chi connectivity index (χ0) is 24.4. The molecule has 3 heterocycles. The van der Waals surface area contributed by atoms with E-state index < -0.39 is 0 Å². The number of aryl methyl sites for hydroxylation is 4. The van der Waals surface area contributed by atoms with Gasteiger partial charge in [0, 0.05) is 49.6 Å². The minimum atomic E-state index is -0.137. The van der Waals surface area contributed by atoms with Crippen LogP contribution in [-0.2, 0) is 16.0 Å². The van der Waals surface area contributed by atoms with Crippen LogP contribution in [0.3, 0.4) is 0 Å². The van der Waals surface area contributed by atoms with E-state index in [1.54, 1.807) is 0 Å². The summed E-state index contributed by atoms with van der Waals surface area (Å²) in [5.74, 6) is 0.549. The lowest BCUT2D eigenvalue weighted by Gasteiger charge is -2.34. The SMILES string of the molecule is Cc1cccc(NC(=O)CN2CCN(C(=O)CCc3nc4sc(C)c(C)c4c(=O)[nH]3)CC2)c1C. The molecule has 0 aliphatic carbocycles. The third-order valence-corrected chi connectivity index (χ3v) is 7.74. The Balaban J connectivity index is 1.26. The minimum absolute atomic E-state index is 0.0424. The summed E-state index contributed by atoms with van der Waals surface area (Å²) in [4.78, 5) is 50.8. The highest BCUT2D eigenvalue weighted by atomic mass is 32.1. The lowest BCUT2D eigenvalue weighted by atomic mass is 10.1. The second-order valence-electron chi connectivity index (χ2n) is 8.93. The topological polar surface area (TPSA) is 98.4 Å². The largest absolute Gasteiger partial charge is 0.340 e. The molecule has 1 aliphatic rings. The molecule has 0 saturated carbocycles. The van der Waals surface area contributed by atoms with Gasteiger partial charge in [-0.3, -0.25) is 19.3 Å². The van der Waals surface area contributed by atoms with Crippen molar-refractivity contribution in [3.8, 4) is 0 Å². The quantitative estimate of drug-likeness (QED) is 0.564. The predicted molar refractivity (Wildman–Crippen MR) is 136 cm³/mol. The monoisotopic (exact) mass is 481 g/mol. The number of amides is 2. The first kappa shape index (κ1) is 24.1. The van der Waals surface area contributed by atoms with Crippen molar-refractivity contribution in [2.45, 2.75) is 40.5 Å². The molecule has 0 unspecified atom stereocenters. The highest BCUT2D eigenvalue weighted by molar-refractivity contribution is 7.18. The molecular formula is C25H31N5O3S. The van der Waals surface area contributed by atoms with E-state index in [-0.39, 0.29) is 17.4 Å². The number of fused-ring (bicyclic) bond motifs is 1. The first-order chi connectivity index (χ1) is 16.2. The fourth-order valence-electron chi connectivity index (χ4n) is 4.24. The average Bonchev–Trinajstić information content (AvgIpc) is 3.09. The van der Waals surface area contributed by atoms with Crippen LogP contribution in [-0.4, -0.2) is 64.3 Å². The van der Waals surface area contributed by atoms with E-state index in [9.17, 15) is 14.4 Å². The number of aromatic nitrogens is 2. The zero-order valence-corrected chi connectivity index (χ0v) is 21.0. The van der Waals surface area contributed by atoms with Gasteiger partial charge < -0.3 is 15.2 Å². The number of H-pyrrole nitrogens is 1. The van der Waals surface area contributed by atoms with Gasteiger partial charge >= 0.3 is 0 Å². The van der Waals surface area contributed by atoms with Crippen molar-refractivity contribution in [3.05, 3.63) is 55.9 Å². The van der Waals surface area contributed by atoms with Gasteiger partial charge in [0.25, 0.3) is 5.56 Å². The van der Waals surface area contributed by atoms with E-state index in [2.05, 4.69) is 20.2 Å². The Kier molecular flexibility index (Phi) is 7.13. The number of thiophene rings is 1. The first-order valence-corrected chi connectivity index (χ1v) is 12.4. The summed E-state index contributed by atoms with van der Waals surface area (Å²) in [5, 5.41) is 3.65. The van der Waals surface area contributed by atoms with Crippen LogP contribution in [0.1, 0.15) is 33.8 Å². The Hall–Kier alpha value is -3.04. The maximum absolute atomic E-state index is 12.7. The number of piperazine rings is 1. The van der Waals surface area contributed by atoms with Crippen molar-refractivity contribution in [1.29, 1.82) is 0 Å². The van der Waals surface area contributed by atoms with Crippen LogP contribution in [0.4, 0.5) is 5.69 Å². The molecule has 2 N–H and O–H groups in total. The van der Waals surface area contributed by atoms with E-state index in [4.69, 9.17) is 0 Å². The minimum Gasteiger partial charge on any atom is -0.340 e. The molecule has 1 saturated heterocycles. The van der Waals surface area contributed by atoms with Crippen molar-refractivity contribution < 1.29 is 9.59 Å². The van der Waals surface area contributed by atoms with Crippen LogP contribution in [0.2, 0.25) is 0 Å². The molecule has 1 aromatic carbocycles. The number of hydrogen-bond acceptors (Lipinski definition) is 6. The van der Waals surface area contributed by atoms with Gasteiger partial charge in [0.05, 0.1) is 11.9 Å². The molecule has 9 heteroatoms. The second kappa shape index (κ2) is 10.1. The fourth-order valence-corrected chi connectivity index (χ4v) is 5.28.